The van der Waals surface area contributed by atoms with Crippen LogP contribution in [0.15, 0.2) is 66.7 Å². The molecule has 0 N–H and O–H groups in total. The van der Waals surface area contributed by atoms with Crippen LogP contribution >= 0.6 is 0 Å². The minimum atomic E-state index is -4.77. The maximum atomic E-state index is 15.3. The highest BCUT2D eigenvalue weighted by molar-refractivity contribution is 6.00. The number of rotatable bonds is 7. The lowest BCUT2D eigenvalue weighted by atomic mass is 9.84. The lowest BCUT2D eigenvalue weighted by Gasteiger charge is -2.43. The summed E-state index contributed by atoms with van der Waals surface area (Å²) in [6.45, 7) is 0.328. The second-order valence-electron chi connectivity index (χ2n) is 10.3. The van der Waals surface area contributed by atoms with E-state index in [1.165, 1.54) is 24.3 Å². The number of hydrogen-bond donors (Lipinski definition) is 0. The average Bonchev–Trinajstić information content (AvgIpc) is 3.07. The van der Waals surface area contributed by atoms with Gasteiger partial charge >= 0.3 is 6.18 Å². The van der Waals surface area contributed by atoms with Crippen LogP contribution in [0, 0.1) is 11.7 Å². The molecule has 1 fully saturated rings. The molecule has 2 aliphatic rings. The number of aryl methyl sites for hydroxylation is 1. The van der Waals surface area contributed by atoms with Crippen molar-refractivity contribution in [2.75, 3.05) is 26.3 Å². The summed E-state index contributed by atoms with van der Waals surface area (Å²) in [5.41, 5.74) is 1.84. The molecule has 39 heavy (non-hydrogen) atoms. The molecule has 1 heterocycles. The summed E-state index contributed by atoms with van der Waals surface area (Å²) in [5, 5.41) is 0. The van der Waals surface area contributed by atoms with Gasteiger partial charge in [-0.2, -0.15) is 13.2 Å². The fraction of sp³-hybridized carbons (Fsp3) is 0.355. The van der Waals surface area contributed by atoms with E-state index in [4.69, 9.17) is 0 Å². The van der Waals surface area contributed by atoms with E-state index in [1.807, 2.05) is 18.2 Å². The molecule has 0 amide bonds. The lowest BCUT2D eigenvalue weighted by Crippen LogP contribution is -2.53. The summed E-state index contributed by atoms with van der Waals surface area (Å²) >= 11 is 0. The van der Waals surface area contributed by atoms with Crippen molar-refractivity contribution >= 4 is 11.1 Å². The maximum Gasteiger partial charge on any atom is 0.417 e. The van der Waals surface area contributed by atoms with E-state index in [0.29, 0.717) is 55.0 Å². The third-order valence-electron chi connectivity index (χ3n) is 7.71. The highest BCUT2D eigenvalue weighted by Gasteiger charge is 2.47. The topological polar surface area (TPSA) is 3.24 Å². The molecule has 3 aromatic carbocycles. The Balaban J connectivity index is 1.58. The third-order valence-corrected chi connectivity index (χ3v) is 7.71. The molecular weight excluding hydrogens is 519 g/mol. The van der Waals surface area contributed by atoms with Crippen molar-refractivity contribution in [1.29, 1.82) is 0 Å². The molecule has 0 radical (unpaired) electrons. The minimum absolute atomic E-state index is 0.104. The first-order valence-corrected chi connectivity index (χ1v) is 13.0. The Morgan fingerprint density at radius 1 is 0.821 bits per heavy atom. The van der Waals surface area contributed by atoms with Gasteiger partial charge in [-0.3, -0.25) is 4.39 Å². The summed E-state index contributed by atoms with van der Waals surface area (Å²) in [7, 11) is 0. The fourth-order valence-corrected chi connectivity index (χ4v) is 5.70. The summed E-state index contributed by atoms with van der Waals surface area (Å²) in [4.78, 5) is 1.80. The van der Waals surface area contributed by atoms with Crippen LogP contribution in [0.1, 0.15) is 52.6 Å². The van der Waals surface area contributed by atoms with E-state index in [9.17, 15) is 22.0 Å². The van der Waals surface area contributed by atoms with E-state index in [-0.39, 0.29) is 24.2 Å². The molecule has 1 nitrogen and oxygen atoms in total. The molecule has 3 aromatic rings. The van der Waals surface area contributed by atoms with Crippen molar-refractivity contribution in [2.24, 2.45) is 5.92 Å². The molecule has 8 heteroatoms. The second-order valence-corrected chi connectivity index (χ2v) is 10.3. The fourth-order valence-electron chi connectivity index (χ4n) is 5.70. The molecule has 206 valence electrons. The van der Waals surface area contributed by atoms with Crippen LogP contribution in [0.4, 0.5) is 30.7 Å². The third kappa shape index (κ3) is 5.49. The summed E-state index contributed by atoms with van der Waals surface area (Å²) in [5.74, 6) is -4.96. The Labute approximate surface area is 223 Å². The van der Waals surface area contributed by atoms with Crippen molar-refractivity contribution in [1.82, 2.24) is 4.90 Å². The molecule has 0 saturated carbocycles. The van der Waals surface area contributed by atoms with Gasteiger partial charge in [-0.25, -0.2) is 13.2 Å². The number of halogens is 7. The van der Waals surface area contributed by atoms with E-state index in [0.717, 1.165) is 23.3 Å². The maximum absolute atomic E-state index is 15.3. The van der Waals surface area contributed by atoms with Crippen molar-refractivity contribution in [2.45, 2.75) is 37.8 Å². The predicted octanol–water partition coefficient (Wildman–Crippen LogP) is 8.52. The highest BCUT2D eigenvalue weighted by atomic mass is 19.4. The largest absolute Gasteiger partial charge is 0.417 e. The van der Waals surface area contributed by atoms with Gasteiger partial charge in [-0.15, -0.1) is 0 Å². The van der Waals surface area contributed by atoms with Gasteiger partial charge in [-0.05, 0) is 71.2 Å². The number of alkyl halides is 6. The minimum Gasteiger partial charge on any atom is -0.302 e. The number of hydrogen-bond acceptors (Lipinski definition) is 1. The van der Waals surface area contributed by atoms with Crippen molar-refractivity contribution in [3.05, 3.63) is 106 Å². The monoisotopic (exact) mass is 547 g/mol. The molecule has 0 aromatic heterocycles. The van der Waals surface area contributed by atoms with Crippen molar-refractivity contribution < 1.29 is 30.7 Å². The first kappa shape index (κ1) is 27.4. The Kier molecular flexibility index (Phi) is 7.60. The zero-order chi connectivity index (χ0) is 27.8. The molecule has 1 aliphatic carbocycles. The van der Waals surface area contributed by atoms with Gasteiger partial charge in [0.2, 0.25) is 0 Å². The Morgan fingerprint density at radius 2 is 1.54 bits per heavy atom. The number of allylic oxidation sites excluding steroid dienone is 1. The van der Waals surface area contributed by atoms with Crippen LogP contribution in [0.25, 0.3) is 11.1 Å². The van der Waals surface area contributed by atoms with Crippen LogP contribution in [-0.4, -0.2) is 31.2 Å². The number of likely N-dealkylation sites (tertiary alicyclic amines) is 1. The Hall–Kier alpha value is -3.13. The number of nitrogens with zero attached hydrogens (tertiary/aromatic N) is 1. The normalized spacial score (nSPS) is 17.1. The molecule has 5 rings (SSSR count). The zero-order valence-corrected chi connectivity index (χ0v) is 21.2. The molecule has 1 aliphatic heterocycles. The van der Waals surface area contributed by atoms with E-state index in [2.05, 4.69) is 0 Å². The summed E-state index contributed by atoms with van der Waals surface area (Å²) < 4.78 is 98.9. The molecular formula is C31H28F7N. The van der Waals surface area contributed by atoms with E-state index >= 15 is 8.78 Å². The number of benzene rings is 3. The lowest BCUT2D eigenvalue weighted by molar-refractivity contribution is -0.138. The summed E-state index contributed by atoms with van der Waals surface area (Å²) in [6.07, 6.45) is -2.92. The average molecular weight is 548 g/mol. The van der Waals surface area contributed by atoms with Gasteiger partial charge < -0.3 is 4.90 Å². The first-order valence-electron chi connectivity index (χ1n) is 13.0. The predicted molar refractivity (Wildman–Crippen MR) is 138 cm³/mol. The standard InChI is InChI=1S/C31H28F7N/c32-15-4-16-39-18-23(19-39)30(34,35)22-11-9-21(10-12-22)29-25-7-2-1-5-20(25)6-3-8-27(29)26-14-13-24(33)17-28(26)31(36,37)38/h1-2,5,7,9-14,17,23H,3-4,6,8,15-16,18-19H2. The quantitative estimate of drug-likeness (QED) is 0.268. The smallest absolute Gasteiger partial charge is 0.302 e. The highest BCUT2D eigenvalue weighted by Crippen LogP contribution is 2.45. The molecule has 0 bridgehead atoms. The van der Waals surface area contributed by atoms with Crippen LogP contribution in [0.5, 0.6) is 0 Å². The van der Waals surface area contributed by atoms with Crippen molar-refractivity contribution in [3.63, 3.8) is 0 Å². The van der Waals surface area contributed by atoms with Crippen LogP contribution in [0.2, 0.25) is 0 Å². The number of fused-ring (bicyclic) bond motifs is 1. The Morgan fingerprint density at radius 3 is 2.23 bits per heavy atom. The van der Waals surface area contributed by atoms with Gasteiger partial charge in [0.25, 0.3) is 5.92 Å². The molecule has 0 unspecified atom stereocenters. The van der Waals surface area contributed by atoms with Crippen molar-refractivity contribution in [3.8, 4) is 0 Å². The molecule has 1 saturated heterocycles. The first-order chi connectivity index (χ1) is 18.6. The molecule has 0 atom stereocenters. The zero-order valence-electron chi connectivity index (χ0n) is 21.2. The van der Waals surface area contributed by atoms with Gasteiger partial charge in [0, 0.05) is 25.2 Å². The van der Waals surface area contributed by atoms with Crippen LogP contribution < -0.4 is 0 Å². The SMILES string of the molecule is FCCCN1CC(C(F)(F)c2ccc(C3=C(c4ccc(F)cc4C(F)(F)F)CCCc4ccccc43)cc2)C1. The van der Waals surface area contributed by atoms with Crippen LogP contribution in [-0.2, 0) is 18.5 Å². The summed E-state index contributed by atoms with van der Waals surface area (Å²) in [6, 6.07) is 15.9. The van der Waals surface area contributed by atoms with Gasteiger partial charge in [0.1, 0.15) is 5.82 Å². The second kappa shape index (κ2) is 10.8. The molecule has 0 spiro atoms. The van der Waals surface area contributed by atoms with Gasteiger partial charge in [0.05, 0.1) is 18.2 Å². The van der Waals surface area contributed by atoms with E-state index < -0.39 is 36.1 Å². The van der Waals surface area contributed by atoms with E-state index in [1.54, 1.807) is 11.0 Å². The van der Waals surface area contributed by atoms with Crippen LogP contribution in [0.3, 0.4) is 0 Å². The Bertz CT molecular complexity index is 1350. The van der Waals surface area contributed by atoms with Gasteiger partial charge in [-0.1, -0.05) is 54.6 Å². The van der Waals surface area contributed by atoms with Gasteiger partial charge in [0.15, 0.2) is 0 Å².